The van der Waals surface area contributed by atoms with E-state index < -0.39 is 0 Å². The summed E-state index contributed by atoms with van der Waals surface area (Å²) in [7, 11) is 1.36. The van der Waals surface area contributed by atoms with Crippen molar-refractivity contribution in [2.75, 3.05) is 24.7 Å². The van der Waals surface area contributed by atoms with E-state index in [9.17, 15) is 4.79 Å². The summed E-state index contributed by atoms with van der Waals surface area (Å²) < 4.78 is 5.25. The Bertz CT molecular complexity index is 340. The number of carbonyl (C=O) groups excluding carboxylic acids is 1. The summed E-state index contributed by atoms with van der Waals surface area (Å²) in [5, 5.41) is 11.5. The molecule has 1 aromatic rings. The lowest BCUT2D eigenvalue weighted by Gasteiger charge is -1.94. The summed E-state index contributed by atoms with van der Waals surface area (Å²) in [5.41, 5.74) is 0. The molecule has 0 aliphatic rings. The lowest BCUT2D eigenvalue weighted by molar-refractivity contribution is -0.137. The number of rotatable bonds is 6. The smallest absolute Gasteiger partial charge is 0.316 e. The molecule has 0 aliphatic carbocycles. The molecule has 15 heavy (non-hydrogen) atoms. The molecule has 0 unspecified atom stereocenters. The average Bonchev–Trinajstić information content (AvgIpc) is 2.71. The summed E-state index contributed by atoms with van der Waals surface area (Å²) in [6, 6.07) is 0. The van der Waals surface area contributed by atoms with Gasteiger partial charge in [0.15, 0.2) is 4.34 Å². The van der Waals surface area contributed by atoms with Crippen molar-refractivity contribution in [3.8, 4) is 0 Å². The van der Waals surface area contributed by atoms with Crippen molar-refractivity contribution < 1.29 is 9.53 Å². The Hall–Kier alpha value is -1.08. The molecule has 7 heteroatoms. The fourth-order valence-corrected chi connectivity index (χ4v) is 2.27. The molecule has 0 saturated carbocycles. The van der Waals surface area contributed by atoms with Gasteiger partial charge in [-0.15, -0.1) is 16.8 Å². The molecule has 0 radical (unpaired) electrons. The lowest BCUT2D eigenvalue weighted by Crippen LogP contribution is -2.02. The first-order valence-corrected chi connectivity index (χ1v) is 5.94. The van der Waals surface area contributed by atoms with Crippen LogP contribution < -0.4 is 5.32 Å². The highest BCUT2D eigenvalue weighted by atomic mass is 32.2. The Labute approximate surface area is 95.9 Å². The van der Waals surface area contributed by atoms with Gasteiger partial charge in [-0.3, -0.25) is 4.79 Å². The number of hydrogen-bond donors (Lipinski definition) is 1. The minimum atomic E-state index is -0.268. The molecule has 0 fully saturated rings. The van der Waals surface area contributed by atoms with E-state index in [-0.39, 0.29) is 11.7 Å². The average molecular weight is 245 g/mol. The number of ether oxygens (including phenoxy) is 1. The fraction of sp³-hybridized carbons (Fsp3) is 0.375. The second kappa shape index (κ2) is 6.41. The highest BCUT2D eigenvalue weighted by Crippen LogP contribution is 2.25. The molecule has 0 aliphatic heterocycles. The van der Waals surface area contributed by atoms with Crippen LogP contribution in [0, 0.1) is 0 Å². The fourth-order valence-electron chi connectivity index (χ4n) is 0.679. The van der Waals surface area contributed by atoms with E-state index in [0.717, 1.165) is 9.47 Å². The van der Waals surface area contributed by atoms with Gasteiger partial charge in [0.05, 0.1) is 12.9 Å². The summed E-state index contributed by atoms with van der Waals surface area (Å²) in [6.07, 6.45) is 1.74. The van der Waals surface area contributed by atoms with Gasteiger partial charge in [-0.05, 0) is 0 Å². The predicted molar refractivity (Wildman–Crippen MR) is 61.3 cm³/mol. The number of aromatic nitrogens is 2. The quantitative estimate of drug-likeness (QED) is 0.464. The third-order valence-electron chi connectivity index (χ3n) is 1.35. The van der Waals surface area contributed by atoms with E-state index in [1.807, 2.05) is 0 Å². The number of nitrogens with zero attached hydrogens (tertiary/aromatic N) is 2. The van der Waals surface area contributed by atoms with Crippen LogP contribution in [0.3, 0.4) is 0 Å². The molecule has 0 amide bonds. The molecule has 1 rings (SSSR count). The van der Waals surface area contributed by atoms with E-state index in [1.165, 1.54) is 30.2 Å². The molecule has 82 valence electrons. The van der Waals surface area contributed by atoms with E-state index in [4.69, 9.17) is 0 Å². The van der Waals surface area contributed by atoms with Gasteiger partial charge in [0.1, 0.15) is 0 Å². The molecule has 1 heterocycles. The topological polar surface area (TPSA) is 64.1 Å². The molecular formula is C8H11N3O2S2. The second-order valence-electron chi connectivity index (χ2n) is 2.41. The zero-order valence-electron chi connectivity index (χ0n) is 8.23. The van der Waals surface area contributed by atoms with Crippen molar-refractivity contribution in [3.05, 3.63) is 12.7 Å². The Morgan fingerprint density at radius 1 is 1.73 bits per heavy atom. The number of anilines is 1. The first-order chi connectivity index (χ1) is 7.26. The number of esters is 1. The predicted octanol–water partition coefficient (Wildman–Crippen LogP) is 1.40. The summed E-state index contributed by atoms with van der Waals surface area (Å²) in [5.74, 6) is -0.0112. The van der Waals surface area contributed by atoms with Gasteiger partial charge in [-0.2, -0.15) is 0 Å². The lowest BCUT2D eigenvalue weighted by atomic mass is 10.6. The Balaban J connectivity index is 2.38. The van der Waals surface area contributed by atoms with Crippen LogP contribution in [0.25, 0.3) is 0 Å². The first kappa shape index (κ1) is 12.0. The van der Waals surface area contributed by atoms with Crippen LogP contribution in [-0.2, 0) is 9.53 Å². The molecule has 0 saturated heterocycles. The van der Waals surface area contributed by atoms with Gasteiger partial charge < -0.3 is 10.1 Å². The van der Waals surface area contributed by atoms with E-state index in [1.54, 1.807) is 6.08 Å². The van der Waals surface area contributed by atoms with Crippen molar-refractivity contribution in [1.82, 2.24) is 10.2 Å². The SMILES string of the molecule is C=CCNc1nnc(SCC(=O)OC)s1. The second-order valence-corrected chi connectivity index (χ2v) is 4.61. The van der Waals surface area contributed by atoms with Gasteiger partial charge in [-0.1, -0.05) is 29.2 Å². The third-order valence-corrected chi connectivity index (χ3v) is 3.33. The normalized spacial score (nSPS) is 9.67. The van der Waals surface area contributed by atoms with Crippen LogP contribution >= 0.6 is 23.1 Å². The third kappa shape index (κ3) is 4.30. The molecule has 0 aromatic carbocycles. The van der Waals surface area contributed by atoms with Crippen molar-refractivity contribution in [1.29, 1.82) is 0 Å². The summed E-state index contributed by atoms with van der Waals surface area (Å²) in [4.78, 5) is 10.8. The van der Waals surface area contributed by atoms with Crippen molar-refractivity contribution in [3.63, 3.8) is 0 Å². The van der Waals surface area contributed by atoms with Crippen LogP contribution in [-0.4, -0.2) is 35.6 Å². The van der Waals surface area contributed by atoms with E-state index in [2.05, 4.69) is 26.8 Å². The molecule has 1 N–H and O–H groups in total. The van der Waals surface area contributed by atoms with E-state index >= 15 is 0 Å². The first-order valence-electron chi connectivity index (χ1n) is 4.14. The standard InChI is InChI=1S/C8H11N3O2S2/c1-3-4-9-7-10-11-8(15-7)14-5-6(12)13-2/h3H,1,4-5H2,2H3,(H,9,10). The molecule has 1 aromatic heterocycles. The molecular weight excluding hydrogens is 234 g/mol. The number of thioether (sulfide) groups is 1. The minimum absolute atomic E-state index is 0.257. The summed E-state index contributed by atoms with van der Waals surface area (Å²) >= 11 is 2.71. The van der Waals surface area contributed by atoms with Crippen molar-refractivity contribution >= 4 is 34.2 Å². The number of nitrogens with one attached hydrogen (secondary N) is 1. The van der Waals surface area contributed by atoms with Crippen LogP contribution in [0.15, 0.2) is 17.0 Å². The van der Waals surface area contributed by atoms with Gasteiger partial charge in [0.2, 0.25) is 5.13 Å². The number of methoxy groups -OCH3 is 1. The maximum atomic E-state index is 10.8. The zero-order valence-corrected chi connectivity index (χ0v) is 9.86. The van der Waals surface area contributed by atoms with Crippen molar-refractivity contribution in [2.24, 2.45) is 0 Å². The number of carbonyl (C=O) groups is 1. The van der Waals surface area contributed by atoms with Gasteiger partial charge >= 0.3 is 5.97 Å². The Kier molecular flexibility index (Phi) is 5.13. The van der Waals surface area contributed by atoms with E-state index in [0.29, 0.717) is 6.54 Å². The van der Waals surface area contributed by atoms with Crippen LogP contribution in [0.2, 0.25) is 0 Å². The monoisotopic (exact) mass is 245 g/mol. The van der Waals surface area contributed by atoms with Crippen LogP contribution in [0.5, 0.6) is 0 Å². The highest BCUT2D eigenvalue weighted by molar-refractivity contribution is 8.01. The summed E-state index contributed by atoms with van der Waals surface area (Å²) in [6.45, 7) is 4.23. The number of hydrogen-bond acceptors (Lipinski definition) is 7. The Morgan fingerprint density at radius 3 is 3.20 bits per heavy atom. The Morgan fingerprint density at radius 2 is 2.53 bits per heavy atom. The largest absolute Gasteiger partial charge is 0.468 e. The van der Waals surface area contributed by atoms with Gasteiger partial charge in [-0.25, -0.2) is 0 Å². The minimum Gasteiger partial charge on any atom is -0.468 e. The van der Waals surface area contributed by atoms with Gasteiger partial charge in [0, 0.05) is 6.54 Å². The van der Waals surface area contributed by atoms with Crippen LogP contribution in [0.1, 0.15) is 0 Å². The zero-order chi connectivity index (χ0) is 11.1. The maximum absolute atomic E-state index is 10.8. The van der Waals surface area contributed by atoms with Crippen molar-refractivity contribution in [2.45, 2.75) is 4.34 Å². The molecule has 0 atom stereocenters. The van der Waals surface area contributed by atoms with Crippen LogP contribution in [0.4, 0.5) is 5.13 Å². The molecule has 0 bridgehead atoms. The maximum Gasteiger partial charge on any atom is 0.316 e. The van der Waals surface area contributed by atoms with Gasteiger partial charge in [0.25, 0.3) is 0 Å². The highest BCUT2D eigenvalue weighted by Gasteiger charge is 2.07. The molecule has 5 nitrogen and oxygen atoms in total. The molecule has 0 spiro atoms.